The van der Waals surface area contributed by atoms with Gasteiger partial charge in [0.05, 0.1) is 0 Å². The third kappa shape index (κ3) is 7.80. The third-order valence-electron chi connectivity index (χ3n) is 6.51. The molecule has 162 valence electrons. The van der Waals surface area contributed by atoms with Crippen LogP contribution in [-0.2, 0) is 10.0 Å². The van der Waals surface area contributed by atoms with Gasteiger partial charge in [0.15, 0.2) is 8.32 Å². The van der Waals surface area contributed by atoms with E-state index in [-0.39, 0.29) is 0 Å². The van der Waals surface area contributed by atoms with Crippen LogP contribution in [-0.4, -0.2) is 8.32 Å². The molecule has 0 aliphatic carbocycles. The zero-order valence-electron chi connectivity index (χ0n) is 19.7. The van der Waals surface area contributed by atoms with Gasteiger partial charge in [-0.25, -0.2) is 0 Å². The van der Waals surface area contributed by atoms with Crippen molar-refractivity contribution < 1.29 is 4.43 Å². The van der Waals surface area contributed by atoms with Crippen molar-refractivity contribution in [1.29, 1.82) is 0 Å². The second kappa shape index (κ2) is 13.8. The highest BCUT2D eigenvalue weighted by atomic mass is 28.4. The molecule has 2 heteroatoms. The van der Waals surface area contributed by atoms with Crippen molar-refractivity contribution in [3.63, 3.8) is 0 Å². The topological polar surface area (TPSA) is 9.23 Å². The Morgan fingerprint density at radius 1 is 0.931 bits per heavy atom. The standard InChI is InChI=1S/C27H44OSi/c1-7-13-14-15-16-18-21-25(8-2)24-27(9-3,26-22-19-17-20-23-26)28-29(10-4,11-5)12-6/h2,17,19-20,22-24H,7,9-16,18,21H2,1,3-6H3/b25-24+. The molecule has 0 N–H and O–H groups in total. The maximum Gasteiger partial charge on any atom is 0.193 e. The van der Waals surface area contributed by atoms with Gasteiger partial charge in [0.1, 0.15) is 5.60 Å². The lowest BCUT2D eigenvalue weighted by Crippen LogP contribution is -2.44. The maximum absolute atomic E-state index is 7.17. The summed E-state index contributed by atoms with van der Waals surface area (Å²) >= 11 is 0. The van der Waals surface area contributed by atoms with E-state index in [1.807, 2.05) is 0 Å². The van der Waals surface area contributed by atoms with Crippen LogP contribution in [0.4, 0.5) is 0 Å². The van der Waals surface area contributed by atoms with Crippen LogP contribution in [0.3, 0.4) is 0 Å². The number of allylic oxidation sites excluding steroid dienone is 1. The second-order valence-corrected chi connectivity index (χ2v) is 13.0. The Kier molecular flexibility index (Phi) is 12.3. The number of rotatable bonds is 15. The summed E-state index contributed by atoms with van der Waals surface area (Å²) in [6, 6.07) is 14.2. The number of hydrogen-bond donors (Lipinski definition) is 0. The lowest BCUT2D eigenvalue weighted by molar-refractivity contribution is 0.0994. The predicted molar refractivity (Wildman–Crippen MR) is 132 cm³/mol. The molecule has 1 aromatic rings. The zero-order valence-corrected chi connectivity index (χ0v) is 20.7. The van der Waals surface area contributed by atoms with E-state index >= 15 is 0 Å². The number of terminal acetylenes is 1. The van der Waals surface area contributed by atoms with Crippen LogP contribution in [0.1, 0.15) is 91.5 Å². The fourth-order valence-corrected chi connectivity index (χ4v) is 7.21. The Labute approximate surface area is 182 Å². The molecule has 0 saturated heterocycles. The van der Waals surface area contributed by atoms with Gasteiger partial charge in [-0.05, 0) is 49.0 Å². The molecule has 1 rings (SSSR count). The second-order valence-electron chi connectivity index (χ2n) is 8.29. The highest BCUT2D eigenvalue weighted by Gasteiger charge is 2.40. The largest absolute Gasteiger partial charge is 0.404 e. The quantitative estimate of drug-likeness (QED) is 0.159. The van der Waals surface area contributed by atoms with Gasteiger partial charge in [-0.3, -0.25) is 0 Å². The van der Waals surface area contributed by atoms with Crippen molar-refractivity contribution in [3.05, 3.63) is 47.5 Å². The normalized spacial score (nSPS) is 14.4. The number of benzene rings is 1. The first-order chi connectivity index (χ1) is 14.0. The van der Waals surface area contributed by atoms with E-state index in [4.69, 9.17) is 10.8 Å². The van der Waals surface area contributed by atoms with Crippen molar-refractivity contribution in [1.82, 2.24) is 0 Å². The Morgan fingerprint density at radius 2 is 1.52 bits per heavy atom. The lowest BCUT2D eigenvalue weighted by Gasteiger charge is -2.41. The maximum atomic E-state index is 7.17. The molecular formula is C27H44OSi. The van der Waals surface area contributed by atoms with Gasteiger partial charge < -0.3 is 4.43 Å². The molecule has 0 spiro atoms. The average molecular weight is 413 g/mol. The van der Waals surface area contributed by atoms with E-state index in [0.29, 0.717) is 0 Å². The summed E-state index contributed by atoms with van der Waals surface area (Å²) in [6.45, 7) is 11.4. The lowest BCUT2D eigenvalue weighted by atomic mass is 9.88. The fraction of sp³-hybridized carbons (Fsp3) is 0.630. The summed E-state index contributed by atoms with van der Waals surface area (Å²) in [5, 5.41) is 0. The summed E-state index contributed by atoms with van der Waals surface area (Å²) in [5.41, 5.74) is 1.95. The molecule has 1 aromatic carbocycles. The summed E-state index contributed by atoms with van der Waals surface area (Å²) in [5.74, 6) is 3.00. The van der Waals surface area contributed by atoms with E-state index in [1.54, 1.807) is 0 Å². The Morgan fingerprint density at radius 3 is 2.03 bits per heavy atom. The van der Waals surface area contributed by atoms with Crippen LogP contribution >= 0.6 is 0 Å². The molecule has 0 fully saturated rings. The third-order valence-corrected chi connectivity index (χ3v) is 11.2. The summed E-state index contributed by atoms with van der Waals surface area (Å²) < 4.78 is 7.17. The fourth-order valence-electron chi connectivity index (χ4n) is 4.19. The molecule has 1 atom stereocenters. The van der Waals surface area contributed by atoms with Gasteiger partial charge in [-0.1, -0.05) is 103 Å². The predicted octanol–water partition coefficient (Wildman–Crippen LogP) is 8.62. The molecular weight excluding hydrogens is 368 g/mol. The average Bonchev–Trinajstić information content (AvgIpc) is 2.78. The van der Waals surface area contributed by atoms with Crippen LogP contribution in [0.2, 0.25) is 18.1 Å². The molecule has 0 saturated carbocycles. The van der Waals surface area contributed by atoms with Crippen molar-refractivity contribution >= 4 is 8.32 Å². The van der Waals surface area contributed by atoms with Crippen LogP contribution in [0.15, 0.2) is 42.0 Å². The van der Waals surface area contributed by atoms with E-state index < -0.39 is 13.9 Å². The molecule has 0 heterocycles. The molecule has 1 nitrogen and oxygen atoms in total. The smallest absolute Gasteiger partial charge is 0.193 e. The minimum atomic E-state index is -1.80. The summed E-state index contributed by atoms with van der Waals surface area (Å²) in [6.07, 6.45) is 17.9. The first-order valence-corrected chi connectivity index (χ1v) is 14.5. The van der Waals surface area contributed by atoms with Crippen LogP contribution in [0.5, 0.6) is 0 Å². The SMILES string of the molecule is C#C/C(=C\C(CC)(O[Si](CC)(CC)CC)c1ccccc1)CCCCCCCC. The Bertz CT molecular complexity index is 615. The van der Waals surface area contributed by atoms with E-state index in [0.717, 1.165) is 36.5 Å². The van der Waals surface area contributed by atoms with Crippen LogP contribution in [0.25, 0.3) is 0 Å². The van der Waals surface area contributed by atoms with Gasteiger partial charge in [0.25, 0.3) is 0 Å². The van der Waals surface area contributed by atoms with E-state index in [9.17, 15) is 0 Å². The van der Waals surface area contributed by atoms with Gasteiger partial charge >= 0.3 is 0 Å². The van der Waals surface area contributed by atoms with Crippen molar-refractivity contribution in [3.8, 4) is 12.3 Å². The molecule has 0 aliphatic rings. The molecule has 0 radical (unpaired) electrons. The monoisotopic (exact) mass is 412 g/mol. The van der Waals surface area contributed by atoms with Gasteiger partial charge in [-0.15, -0.1) is 6.42 Å². The highest BCUT2D eigenvalue weighted by Crippen LogP contribution is 2.39. The number of unbranched alkanes of at least 4 members (excludes halogenated alkanes) is 5. The van der Waals surface area contributed by atoms with Crippen molar-refractivity contribution in [2.24, 2.45) is 0 Å². The van der Waals surface area contributed by atoms with Crippen molar-refractivity contribution in [2.75, 3.05) is 0 Å². The molecule has 0 aromatic heterocycles. The highest BCUT2D eigenvalue weighted by molar-refractivity contribution is 6.73. The first-order valence-electron chi connectivity index (χ1n) is 12.0. The zero-order chi connectivity index (χ0) is 21.6. The van der Waals surface area contributed by atoms with Crippen LogP contribution < -0.4 is 0 Å². The number of hydrogen-bond acceptors (Lipinski definition) is 1. The van der Waals surface area contributed by atoms with E-state index in [1.165, 1.54) is 44.1 Å². The molecule has 29 heavy (non-hydrogen) atoms. The molecule has 0 aliphatic heterocycles. The Hall–Kier alpha value is -1.30. The summed E-state index contributed by atoms with van der Waals surface area (Å²) in [4.78, 5) is 0. The molecule has 0 bridgehead atoms. The first kappa shape index (κ1) is 25.7. The minimum absolute atomic E-state index is 0.403. The summed E-state index contributed by atoms with van der Waals surface area (Å²) in [7, 11) is -1.80. The Balaban J connectivity index is 3.15. The van der Waals surface area contributed by atoms with Crippen molar-refractivity contribution in [2.45, 2.75) is 110 Å². The molecule has 0 amide bonds. The van der Waals surface area contributed by atoms with E-state index in [2.05, 4.69) is 76.9 Å². The molecule has 1 unspecified atom stereocenters. The minimum Gasteiger partial charge on any atom is -0.404 e. The van der Waals surface area contributed by atoms with Gasteiger partial charge in [0, 0.05) is 5.57 Å². The van der Waals surface area contributed by atoms with Crippen LogP contribution in [0, 0.1) is 12.3 Å². The van der Waals surface area contributed by atoms with Gasteiger partial charge in [0.2, 0.25) is 0 Å². The van der Waals surface area contributed by atoms with Gasteiger partial charge in [-0.2, -0.15) is 0 Å².